The van der Waals surface area contributed by atoms with Crippen molar-refractivity contribution in [1.82, 2.24) is 0 Å². The Kier molecular flexibility index (Phi) is 5.06. The first kappa shape index (κ1) is 15.6. The highest BCUT2D eigenvalue weighted by Crippen LogP contribution is 2.43. The molecule has 1 atom stereocenters. The van der Waals surface area contributed by atoms with Gasteiger partial charge in [-0.25, -0.2) is 0 Å². The van der Waals surface area contributed by atoms with E-state index in [1.807, 2.05) is 12.1 Å². The van der Waals surface area contributed by atoms with Crippen molar-refractivity contribution in [3.63, 3.8) is 0 Å². The molecule has 1 aromatic carbocycles. The summed E-state index contributed by atoms with van der Waals surface area (Å²) in [6.07, 6.45) is 0. The number of ether oxygens (including phenoxy) is 3. The van der Waals surface area contributed by atoms with E-state index in [4.69, 9.17) is 19.9 Å². The van der Waals surface area contributed by atoms with E-state index in [2.05, 4.69) is 20.8 Å². The van der Waals surface area contributed by atoms with Gasteiger partial charge in [0.15, 0.2) is 11.5 Å². The first-order valence-electron chi connectivity index (χ1n) is 6.45. The Balaban J connectivity index is 3.48. The summed E-state index contributed by atoms with van der Waals surface area (Å²) >= 11 is 0. The van der Waals surface area contributed by atoms with Crippen LogP contribution in [0.15, 0.2) is 12.1 Å². The maximum atomic E-state index is 6.00. The summed E-state index contributed by atoms with van der Waals surface area (Å²) < 4.78 is 16.2. The van der Waals surface area contributed by atoms with Gasteiger partial charge in [-0.1, -0.05) is 20.8 Å². The van der Waals surface area contributed by atoms with Crippen LogP contribution < -0.4 is 19.9 Å². The summed E-state index contributed by atoms with van der Waals surface area (Å²) in [5.74, 6) is 2.51. The number of benzene rings is 1. The molecule has 0 saturated heterocycles. The highest BCUT2D eigenvalue weighted by Gasteiger charge is 2.33. The Morgan fingerprint density at radius 3 is 1.84 bits per heavy atom. The van der Waals surface area contributed by atoms with Crippen molar-refractivity contribution in [2.75, 3.05) is 27.9 Å². The minimum atomic E-state index is -0.176. The molecule has 0 fully saturated rings. The highest BCUT2D eigenvalue weighted by atomic mass is 16.5. The van der Waals surface area contributed by atoms with E-state index in [-0.39, 0.29) is 5.41 Å². The van der Waals surface area contributed by atoms with Crippen LogP contribution in [0.5, 0.6) is 17.2 Å². The maximum Gasteiger partial charge on any atom is 0.164 e. The third-order valence-corrected chi connectivity index (χ3v) is 4.02. The summed E-state index contributed by atoms with van der Waals surface area (Å²) in [4.78, 5) is 0. The highest BCUT2D eigenvalue weighted by molar-refractivity contribution is 5.53. The van der Waals surface area contributed by atoms with E-state index >= 15 is 0 Å². The molecule has 0 bridgehead atoms. The monoisotopic (exact) mass is 267 g/mol. The summed E-state index contributed by atoms with van der Waals surface area (Å²) in [5, 5.41) is 0. The molecule has 4 heteroatoms. The van der Waals surface area contributed by atoms with Crippen molar-refractivity contribution < 1.29 is 14.2 Å². The predicted molar refractivity (Wildman–Crippen MR) is 77.3 cm³/mol. The van der Waals surface area contributed by atoms with Gasteiger partial charge in [0, 0.05) is 23.6 Å². The Labute approximate surface area is 115 Å². The quantitative estimate of drug-likeness (QED) is 0.860. The molecule has 0 aliphatic rings. The Morgan fingerprint density at radius 1 is 1.00 bits per heavy atom. The van der Waals surface area contributed by atoms with Crippen LogP contribution in [0.25, 0.3) is 0 Å². The SMILES string of the molecule is COc1cc(OC)c(C(C)(CN)C(C)C)cc1OC. The first-order valence-corrected chi connectivity index (χ1v) is 6.45. The van der Waals surface area contributed by atoms with Crippen LogP contribution in [-0.2, 0) is 5.41 Å². The summed E-state index contributed by atoms with van der Waals surface area (Å²) in [5.41, 5.74) is 6.87. The van der Waals surface area contributed by atoms with Gasteiger partial charge in [0.25, 0.3) is 0 Å². The molecule has 1 unspecified atom stereocenters. The molecule has 0 saturated carbocycles. The molecular formula is C15H25NO3. The van der Waals surface area contributed by atoms with Gasteiger partial charge in [-0.3, -0.25) is 0 Å². The standard InChI is InChI=1S/C15H25NO3/c1-10(2)15(3,9-16)11-7-13(18-5)14(19-6)8-12(11)17-4/h7-8,10H,9,16H2,1-6H3. The van der Waals surface area contributed by atoms with Crippen LogP contribution in [0.1, 0.15) is 26.3 Å². The van der Waals surface area contributed by atoms with Crippen molar-refractivity contribution in [1.29, 1.82) is 0 Å². The molecule has 0 spiro atoms. The smallest absolute Gasteiger partial charge is 0.164 e. The molecule has 1 rings (SSSR count). The van der Waals surface area contributed by atoms with Crippen LogP contribution >= 0.6 is 0 Å². The molecule has 0 aliphatic heterocycles. The van der Waals surface area contributed by atoms with E-state index < -0.39 is 0 Å². The second-order valence-electron chi connectivity index (χ2n) is 5.18. The van der Waals surface area contributed by atoms with Gasteiger partial charge in [0.1, 0.15) is 5.75 Å². The fraction of sp³-hybridized carbons (Fsp3) is 0.600. The second-order valence-corrected chi connectivity index (χ2v) is 5.18. The first-order chi connectivity index (χ1) is 8.94. The van der Waals surface area contributed by atoms with Crippen LogP contribution in [0.2, 0.25) is 0 Å². The van der Waals surface area contributed by atoms with Gasteiger partial charge in [0.2, 0.25) is 0 Å². The third kappa shape index (κ3) is 2.78. The Hall–Kier alpha value is -1.42. The van der Waals surface area contributed by atoms with Gasteiger partial charge in [-0.15, -0.1) is 0 Å². The molecule has 108 valence electrons. The van der Waals surface area contributed by atoms with Crippen molar-refractivity contribution in [2.45, 2.75) is 26.2 Å². The average Bonchev–Trinajstić information content (AvgIpc) is 2.44. The normalized spacial score (nSPS) is 14.1. The van der Waals surface area contributed by atoms with Crippen LogP contribution in [0, 0.1) is 5.92 Å². The molecular weight excluding hydrogens is 242 g/mol. The van der Waals surface area contributed by atoms with E-state index in [0.29, 0.717) is 24.0 Å². The lowest BCUT2D eigenvalue weighted by Gasteiger charge is -2.34. The van der Waals surface area contributed by atoms with Crippen LogP contribution in [-0.4, -0.2) is 27.9 Å². The number of hydrogen-bond donors (Lipinski definition) is 1. The molecule has 0 amide bonds. The average molecular weight is 267 g/mol. The number of methoxy groups -OCH3 is 3. The van der Waals surface area contributed by atoms with Crippen LogP contribution in [0.3, 0.4) is 0 Å². The van der Waals surface area contributed by atoms with Gasteiger partial charge >= 0.3 is 0 Å². The molecule has 1 aromatic rings. The molecule has 0 aromatic heterocycles. The number of rotatable bonds is 6. The van der Waals surface area contributed by atoms with E-state index in [1.165, 1.54) is 0 Å². The molecule has 4 nitrogen and oxygen atoms in total. The maximum absolute atomic E-state index is 6.00. The Bertz CT molecular complexity index is 432. The molecule has 2 N–H and O–H groups in total. The number of hydrogen-bond acceptors (Lipinski definition) is 4. The number of nitrogens with two attached hydrogens (primary N) is 1. The van der Waals surface area contributed by atoms with Gasteiger partial charge in [-0.05, 0) is 12.0 Å². The summed E-state index contributed by atoms with van der Waals surface area (Å²) in [7, 11) is 4.90. The molecule has 0 radical (unpaired) electrons. The van der Waals surface area contributed by atoms with Crippen molar-refractivity contribution in [3.8, 4) is 17.2 Å². The second kappa shape index (κ2) is 6.15. The fourth-order valence-electron chi connectivity index (χ4n) is 2.13. The lowest BCUT2D eigenvalue weighted by Crippen LogP contribution is -2.37. The predicted octanol–water partition coefficient (Wildman–Crippen LogP) is 2.58. The zero-order chi connectivity index (χ0) is 14.6. The lowest BCUT2D eigenvalue weighted by molar-refractivity contribution is 0.313. The van der Waals surface area contributed by atoms with Gasteiger partial charge in [0.05, 0.1) is 21.3 Å². The molecule has 19 heavy (non-hydrogen) atoms. The van der Waals surface area contributed by atoms with Crippen molar-refractivity contribution in [3.05, 3.63) is 17.7 Å². The molecule has 0 heterocycles. The van der Waals surface area contributed by atoms with Crippen molar-refractivity contribution in [2.24, 2.45) is 11.7 Å². The Morgan fingerprint density at radius 2 is 1.47 bits per heavy atom. The van der Waals surface area contributed by atoms with Gasteiger partial charge in [-0.2, -0.15) is 0 Å². The van der Waals surface area contributed by atoms with E-state index in [1.54, 1.807) is 21.3 Å². The largest absolute Gasteiger partial charge is 0.496 e. The molecule has 0 aliphatic carbocycles. The van der Waals surface area contributed by atoms with E-state index in [0.717, 1.165) is 11.3 Å². The minimum Gasteiger partial charge on any atom is -0.496 e. The van der Waals surface area contributed by atoms with Gasteiger partial charge < -0.3 is 19.9 Å². The van der Waals surface area contributed by atoms with E-state index in [9.17, 15) is 0 Å². The summed E-state index contributed by atoms with van der Waals surface area (Å²) in [6, 6.07) is 3.81. The summed E-state index contributed by atoms with van der Waals surface area (Å²) in [6.45, 7) is 6.99. The topological polar surface area (TPSA) is 53.7 Å². The lowest BCUT2D eigenvalue weighted by atomic mass is 9.73. The van der Waals surface area contributed by atoms with Crippen LogP contribution in [0.4, 0.5) is 0 Å². The zero-order valence-corrected chi connectivity index (χ0v) is 12.7. The fourth-order valence-corrected chi connectivity index (χ4v) is 2.13. The minimum absolute atomic E-state index is 0.176. The zero-order valence-electron chi connectivity index (χ0n) is 12.7. The van der Waals surface area contributed by atoms with Crippen molar-refractivity contribution >= 4 is 0 Å². The third-order valence-electron chi connectivity index (χ3n) is 4.02.